The van der Waals surface area contributed by atoms with E-state index in [0.29, 0.717) is 23.3 Å². The summed E-state index contributed by atoms with van der Waals surface area (Å²) in [6, 6.07) is 11.0. The molecule has 162 valence electrons. The van der Waals surface area contributed by atoms with Crippen LogP contribution >= 0.6 is 0 Å². The summed E-state index contributed by atoms with van der Waals surface area (Å²) in [7, 11) is 0. The minimum absolute atomic E-state index is 0.250. The molecule has 0 saturated heterocycles. The maximum Gasteiger partial charge on any atom is 0.416 e. The second-order valence-electron chi connectivity index (χ2n) is 7.11. The Labute approximate surface area is 173 Å². The molecule has 0 atom stereocenters. The first kappa shape index (κ1) is 21.9. The van der Waals surface area contributed by atoms with Crippen molar-refractivity contribution < 1.29 is 18.3 Å². The molecule has 3 N–H and O–H groups in total. The van der Waals surface area contributed by atoms with E-state index < -0.39 is 11.7 Å². The Morgan fingerprint density at radius 2 is 1.73 bits per heavy atom. The third kappa shape index (κ3) is 5.63. The lowest BCUT2D eigenvalue weighted by Crippen LogP contribution is -2.23. The molecule has 1 saturated carbocycles. The highest BCUT2D eigenvalue weighted by molar-refractivity contribution is 5.58. The van der Waals surface area contributed by atoms with Crippen LogP contribution in [0.4, 0.5) is 30.6 Å². The van der Waals surface area contributed by atoms with Gasteiger partial charge in [0.25, 0.3) is 0 Å². The summed E-state index contributed by atoms with van der Waals surface area (Å²) in [5.74, 6) is 1.21. The highest BCUT2D eigenvalue weighted by Gasteiger charge is 2.30. The molecular weight excluding hydrogens is 395 g/mol. The number of rotatable bonds is 4. The lowest BCUT2D eigenvalue weighted by atomic mass is 9.95. The van der Waals surface area contributed by atoms with Crippen LogP contribution in [0.15, 0.2) is 42.5 Å². The van der Waals surface area contributed by atoms with Gasteiger partial charge in [-0.05, 0) is 56.2 Å². The van der Waals surface area contributed by atoms with Crippen LogP contribution in [0.2, 0.25) is 0 Å². The van der Waals surface area contributed by atoms with Crippen molar-refractivity contribution in [2.45, 2.75) is 51.2 Å². The Hall–Kier alpha value is -2.81. The van der Waals surface area contributed by atoms with Gasteiger partial charge in [0.15, 0.2) is 5.65 Å². The van der Waals surface area contributed by atoms with Crippen molar-refractivity contribution in [3.63, 3.8) is 0 Å². The van der Waals surface area contributed by atoms with Crippen LogP contribution in [0.3, 0.4) is 0 Å². The number of aromatic nitrogens is 3. The molecule has 9 heteroatoms. The molecule has 2 aromatic heterocycles. The quantitative estimate of drug-likeness (QED) is 0.538. The molecule has 0 spiro atoms. The summed E-state index contributed by atoms with van der Waals surface area (Å²) in [6.45, 7) is 1.93. The molecule has 0 unspecified atom stereocenters. The maximum absolute atomic E-state index is 12.7. The summed E-state index contributed by atoms with van der Waals surface area (Å²) >= 11 is 0. The standard InChI is InChI=1S/C19H20F3N5.C2H6O/c20-19(21,22)13-9-11-15(12-10-13)24-18-25-17-8-4-7-16(27(17)26-18)23-14-5-2-1-3-6-14;1-2-3/h4,7-12,14,23H,1-3,5-6H2,(H,24,26);3H,2H2,1H3. The van der Waals surface area contributed by atoms with Crippen LogP contribution in [0.5, 0.6) is 0 Å². The molecule has 1 aromatic carbocycles. The van der Waals surface area contributed by atoms with Crippen LogP contribution in [-0.4, -0.2) is 32.4 Å². The van der Waals surface area contributed by atoms with Crippen molar-refractivity contribution in [1.82, 2.24) is 14.6 Å². The highest BCUT2D eigenvalue weighted by atomic mass is 19.4. The fraction of sp³-hybridized carbons (Fsp3) is 0.429. The van der Waals surface area contributed by atoms with Crippen molar-refractivity contribution in [1.29, 1.82) is 0 Å². The van der Waals surface area contributed by atoms with E-state index in [-0.39, 0.29) is 6.61 Å². The van der Waals surface area contributed by atoms with E-state index in [0.717, 1.165) is 30.8 Å². The number of aliphatic hydroxyl groups is 1. The number of alkyl halides is 3. The van der Waals surface area contributed by atoms with Crippen molar-refractivity contribution in [3.05, 3.63) is 48.0 Å². The molecule has 30 heavy (non-hydrogen) atoms. The lowest BCUT2D eigenvalue weighted by Gasteiger charge is -2.23. The van der Waals surface area contributed by atoms with E-state index >= 15 is 0 Å². The Bertz CT molecular complexity index is 934. The highest BCUT2D eigenvalue weighted by Crippen LogP contribution is 2.30. The number of hydrogen-bond acceptors (Lipinski definition) is 5. The Morgan fingerprint density at radius 3 is 2.37 bits per heavy atom. The number of pyridine rings is 1. The lowest BCUT2D eigenvalue weighted by molar-refractivity contribution is -0.137. The largest absolute Gasteiger partial charge is 0.416 e. The van der Waals surface area contributed by atoms with Gasteiger partial charge in [0.1, 0.15) is 5.82 Å². The van der Waals surface area contributed by atoms with Gasteiger partial charge < -0.3 is 15.7 Å². The average molecular weight is 421 g/mol. The SMILES string of the molecule is CCO.FC(F)(F)c1ccc(Nc2nc3cccc(NC4CCCCC4)n3n2)cc1. The predicted molar refractivity (Wildman–Crippen MR) is 111 cm³/mol. The molecular formula is C21H26F3N5O. The Kier molecular flexibility index (Phi) is 7.15. The molecule has 0 amide bonds. The average Bonchev–Trinajstić information content (AvgIpc) is 3.13. The fourth-order valence-corrected chi connectivity index (χ4v) is 3.40. The number of aliphatic hydroxyl groups excluding tert-OH is 1. The zero-order valence-electron chi connectivity index (χ0n) is 16.8. The maximum atomic E-state index is 12.7. The van der Waals surface area contributed by atoms with Crippen molar-refractivity contribution in [2.24, 2.45) is 0 Å². The second-order valence-corrected chi connectivity index (χ2v) is 7.11. The second kappa shape index (κ2) is 9.80. The van der Waals surface area contributed by atoms with E-state index in [1.54, 1.807) is 11.4 Å². The van der Waals surface area contributed by atoms with Gasteiger partial charge >= 0.3 is 6.18 Å². The first-order valence-electron chi connectivity index (χ1n) is 10.1. The number of anilines is 3. The summed E-state index contributed by atoms with van der Waals surface area (Å²) in [5, 5.41) is 18.5. The van der Waals surface area contributed by atoms with Crippen LogP contribution < -0.4 is 10.6 Å². The normalized spacial score (nSPS) is 14.8. The number of fused-ring (bicyclic) bond motifs is 1. The molecule has 0 bridgehead atoms. The number of hydrogen-bond donors (Lipinski definition) is 3. The fourth-order valence-electron chi connectivity index (χ4n) is 3.40. The molecule has 0 aliphatic heterocycles. The minimum atomic E-state index is -4.35. The monoisotopic (exact) mass is 421 g/mol. The molecule has 4 rings (SSSR count). The third-order valence-electron chi connectivity index (χ3n) is 4.79. The molecule has 2 heterocycles. The van der Waals surface area contributed by atoms with E-state index in [1.807, 2.05) is 18.2 Å². The summed E-state index contributed by atoms with van der Waals surface area (Å²) in [6.07, 6.45) is 1.67. The number of halogens is 3. The zero-order valence-corrected chi connectivity index (χ0v) is 16.8. The van der Waals surface area contributed by atoms with Crippen molar-refractivity contribution in [2.75, 3.05) is 17.2 Å². The summed E-state index contributed by atoms with van der Waals surface area (Å²) in [5.41, 5.74) is 0.487. The van der Waals surface area contributed by atoms with Gasteiger partial charge in [0.2, 0.25) is 5.95 Å². The Morgan fingerprint density at radius 1 is 1.07 bits per heavy atom. The smallest absolute Gasteiger partial charge is 0.397 e. The number of nitrogens with zero attached hydrogens (tertiary/aromatic N) is 3. The minimum Gasteiger partial charge on any atom is -0.397 e. The van der Waals surface area contributed by atoms with Crippen LogP contribution in [0, 0.1) is 0 Å². The van der Waals surface area contributed by atoms with Gasteiger partial charge in [-0.3, -0.25) is 0 Å². The van der Waals surface area contributed by atoms with Crippen LogP contribution in [0.1, 0.15) is 44.6 Å². The third-order valence-corrected chi connectivity index (χ3v) is 4.79. The van der Waals surface area contributed by atoms with Crippen molar-refractivity contribution in [3.8, 4) is 0 Å². The molecule has 3 aromatic rings. The van der Waals surface area contributed by atoms with E-state index in [4.69, 9.17) is 5.11 Å². The molecule has 0 radical (unpaired) electrons. The first-order valence-corrected chi connectivity index (χ1v) is 10.1. The molecule has 1 aliphatic carbocycles. The summed E-state index contributed by atoms with van der Waals surface area (Å²) < 4.78 is 39.7. The van der Waals surface area contributed by atoms with E-state index in [2.05, 4.69) is 20.7 Å². The first-order chi connectivity index (χ1) is 14.4. The van der Waals surface area contributed by atoms with Gasteiger partial charge in [0, 0.05) is 18.3 Å². The van der Waals surface area contributed by atoms with Crippen LogP contribution in [-0.2, 0) is 6.18 Å². The number of benzene rings is 1. The topological polar surface area (TPSA) is 74.5 Å². The molecule has 1 aliphatic rings. The van der Waals surface area contributed by atoms with Gasteiger partial charge in [-0.2, -0.15) is 22.7 Å². The summed E-state index contributed by atoms with van der Waals surface area (Å²) in [4.78, 5) is 4.41. The molecule has 6 nitrogen and oxygen atoms in total. The zero-order chi connectivity index (χ0) is 21.6. The Balaban J connectivity index is 0.000000806. The van der Waals surface area contributed by atoms with Gasteiger partial charge in [-0.15, -0.1) is 5.10 Å². The van der Waals surface area contributed by atoms with Crippen LogP contribution in [0.25, 0.3) is 5.65 Å². The van der Waals surface area contributed by atoms with Gasteiger partial charge in [0.05, 0.1) is 5.56 Å². The predicted octanol–water partition coefficient (Wildman–Crippen LogP) is 5.23. The van der Waals surface area contributed by atoms with Crippen molar-refractivity contribution >= 4 is 23.1 Å². The van der Waals surface area contributed by atoms with E-state index in [1.165, 1.54) is 31.4 Å². The van der Waals surface area contributed by atoms with Gasteiger partial charge in [-0.25, -0.2) is 0 Å². The molecule has 1 fully saturated rings. The number of nitrogens with one attached hydrogen (secondary N) is 2. The van der Waals surface area contributed by atoms with Gasteiger partial charge in [-0.1, -0.05) is 25.3 Å². The van der Waals surface area contributed by atoms with E-state index in [9.17, 15) is 13.2 Å².